The standard InChI is InChI=1S/C14H18FNO4/c1-3-19-13(17)11(14(18)20-4-2)7-9-5-6-10(16)8-12(9)15/h5-6,8,11H,3-4,7,16H2,1-2H3. The van der Waals surface area contributed by atoms with Crippen LogP contribution in [0.1, 0.15) is 19.4 Å². The number of hydrogen-bond acceptors (Lipinski definition) is 5. The van der Waals surface area contributed by atoms with Gasteiger partial charge in [0.05, 0.1) is 13.2 Å². The number of rotatable bonds is 6. The summed E-state index contributed by atoms with van der Waals surface area (Å²) >= 11 is 0. The highest BCUT2D eigenvalue weighted by Gasteiger charge is 2.30. The van der Waals surface area contributed by atoms with Gasteiger partial charge in [-0.1, -0.05) is 6.07 Å². The van der Waals surface area contributed by atoms with Gasteiger partial charge in [-0.3, -0.25) is 9.59 Å². The maximum atomic E-state index is 13.7. The van der Waals surface area contributed by atoms with Crippen molar-refractivity contribution in [2.24, 2.45) is 5.92 Å². The van der Waals surface area contributed by atoms with Crippen molar-refractivity contribution >= 4 is 17.6 Å². The molecule has 0 radical (unpaired) electrons. The van der Waals surface area contributed by atoms with Crippen LogP contribution in [-0.2, 0) is 25.5 Å². The molecule has 1 rings (SSSR count). The molecule has 0 saturated heterocycles. The normalized spacial score (nSPS) is 10.4. The first kappa shape index (κ1) is 15.9. The van der Waals surface area contributed by atoms with E-state index in [9.17, 15) is 14.0 Å². The summed E-state index contributed by atoms with van der Waals surface area (Å²) in [6, 6.07) is 4.09. The number of nitrogens with two attached hydrogens (primary N) is 1. The lowest BCUT2D eigenvalue weighted by Crippen LogP contribution is -2.30. The van der Waals surface area contributed by atoms with Crippen molar-refractivity contribution in [3.8, 4) is 0 Å². The summed E-state index contributed by atoms with van der Waals surface area (Å²) in [6.45, 7) is 3.53. The van der Waals surface area contributed by atoms with E-state index < -0.39 is 23.7 Å². The van der Waals surface area contributed by atoms with Gasteiger partial charge >= 0.3 is 11.9 Å². The fraction of sp³-hybridized carbons (Fsp3) is 0.429. The highest BCUT2D eigenvalue weighted by molar-refractivity contribution is 5.95. The van der Waals surface area contributed by atoms with Crippen LogP contribution in [0.3, 0.4) is 0 Å². The van der Waals surface area contributed by atoms with Crippen LogP contribution in [0.2, 0.25) is 0 Å². The Morgan fingerprint density at radius 2 is 1.75 bits per heavy atom. The predicted molar refractivity (Wildman–Crippen MR) is 71.3 cm³/mol. The van der Waals surface area contributed by atoms with Gasteiger partial charge in [0, 0.05) is 5.69 Å². The zero-order chi connectivity index (χ0) is 15.1. The smallest absolute Gasteiger partial charge is 0.320 e. The molecule has 0 aliphatic carbocycles. The number of esters is 2. The van der Waals surface area contributed by atoms with Gasteiger partial charge in [0.25, 0.3) is 0 Å². The van der Waals surface area contributed by atoms with Gasteiger partial charge < -0.3 is 15.2 Å². The van der Waals surface area contributed by atoms with E-state index in [0.717, 1.165) is 6.07 Å². The molecule has 110 valence electrons. The molecule has 2 N–H and O–H groups in total. The molecule has 6 heteroatoms. The van der Waals surface area contributed by atoms with E-state index in [1.165, 1.54) is 12.1 Å². The molecule has 0 atom stereocenters. The number of halogens is 1. The largest absolute Gasteiger partial charge is 0.465 e. The Balaban J connectivity index is 2.93. The molecule has 1 aromatic rings. The van der Waals surface area contributed by atoms with E-state index in [0.29, 0.717) is 0 Å². The predicted octanol–water partition coefficient (Wildman–Crippen LogP) is 1.69. The monoisotopic (exact) mass is 283 g/mol. The Bertz CT molecular complexity index is 472. The Morgan fingerprint density at radius 1 is 1.20 bits per heavy atom. The van der Waals surface area contributed by atoms with Crippen molar-refractivity contribution in [1.29, 1.82) is 0 Å². The topological polar surface area (TPSA) is 78.6 Å². The van der Waals surface area contributed by atoms with E-state index >= 15 is 0 Å². The quantitative estimate of drug-likeness (QED) is 0.488. The molecular formula is C14H18FNO4. The second kappa shape index (κ2) is 7.47. The van der Waals surface area contributed by atoms with Gasteiger partial charge in [0.2, 0.25) is 0 Å². The van der Waals surface area contributed by atoms with Crippen LogP contribution in [0.25, 0.3) is 0 Å². The molecule has 0 fully saturated rings. The van der Waals surface area contributed by atoms with Crippen LogP contribution in [0.15, 0.2) is 18.2 Å². The average molecular weight is 283 g/mol. The zero-order valence-corrected chi connectivity index (χ0v) is 11.5. The van der Waals surface area contributed by atoms with Gasteiger partial charge in [-0.05, 0) is 38.0 Å². The molecular weight excluding hydrogens is 265 g/mol. The summed E-state index contributed by atoms with van der Waals surface area (Å²) < 4.78 is 23.4. The number of benzene rings is 1. The van der Waals surface area contributed by atoms with E-state index in [4.69, 9.17) is 15.2 Å². The third-order valence-electron chi connectivity index (χ3n) is 2.64. The first-order valence-electron chi connectivity index (χ1n) is 6.36. The molecule has 0 unspecified atom stereocenters. The van der Waals surface area contributed by atoms with Crippen LogP contribution in [0.4, 0.5) is 10.1 Å². The molecule has 1 aromatic carbocycles. The van der Waals surface area contributed by atoms with E-state index in [1.807, 2.05) is 0 Å². The number of nitrogen functional groups attached to an aromatic ring is 1. The number of carbonyl (C=O) groups excluding carboxylic acids is 2. The van der Waals surface area contributed by atoms with Gasteiger partial charge in [0.1, 0.15) is 5.82 Å². The van der Waals surface area contributed by atoms with Crippen molar-refractivity contribution in [1.82, 2.24) is 0 Å². The molecule has 0 bridgehead atoms. The van der Waals surface area contributed by atoms with Crippen molar-refractivity contribution < 1.29 is 23.5 Å². The Hall–Kier alpha value is -2.11. The molecule has 0 heterocycles. The number of hydrogen-bond donors (Lipinski definition) is 1. The molecule has 0 spiro atoms. The molecule has 0 aromatic heterocycles. The van der Waals surface area contributed by atoms with Gasteiger partial charge in [-0.25, -0.2) is 4.39 Å². The average Bonchev–Trinajstić information content (AvgIpc) is 2.38. The first-order chi connectivity index (χ1) is 9.49. The second-order valence-electron chi connectivity index (χ2n) is 4.11. The highest BCUT2D eigenvalue weighted by atomic mass is 19.1. The maximum Gasteiger partial charge on any atom is 0.320 e. The van der Waals surface area contributed by atoms with Gasteiger partial charge in [-0.2, -0.15) is 0 Å². The van der Waals surface area contributed by atoms with Crippen LogP contribution in [0.5, 0.6) is 0 Å². The van der Waals surface area contributed by atoms with Gasteiger partial charge in [-0.15, -0.1) is 0 Å². The van der Waals surface area contributed by atoms with Crippen molar-refractivity contribution in [3.05, 3.63) is 29.6 Å². The van der Waals surface area contributed by atoms with Crippen molar-refractivity contribution in [2.45, 2.75) is 20.3 Å². The zero-order valence-electron chi connectivity index (χ0n) is 11.5. The van der Waals surface area contributed by atoms with Crippen LogP contribution >= 0.6 is 0 Å². The third-order valence-corrected chi connectivity index (χ3v) is 2.64. The van der Waals surface area contributed by atoms with E-state index in [-0.39, 0.29) is 30.9 Å². The molecule has 20 heavy (non-hydrogen) atoms. The van der Waals surface area contributed by atoms with Crippen molar-refractivity contribution in [3.63, 3.8) is 0 Å². The molecule has 5 nitrogen and oxygen atoms in total. The molecule has 0 aliphatic rings. The summed E-state index contributed by atoms with van der Waals surface area (Å²) in [6.07, 6.45) is -0.121. The minimum atomic E-state index is -1.17. The number of ether oxygens (including phenoxy) is 2. The number of anilines is 1. The second-order valence-corrected chi connectivity index (χ2v) is 4.11. The lowest BCUT2D eigenvalue weighted by molar-refractivity contribution is -0.161. The third kappa shape index (κ3) is 4.22. The number of carbonyl (C=O) groups is 2. The molecule has 0 amide bonds. The highest BCUT2D eigenvalue weighted by Crippen LogP contribution is 2.18. The molecule has 0 aliphatic heterocycles. The minimum Gasteiger partial charge on any atom is -0.465 e. The summed E-state index contributed by atoms with van der Waals surface area (Å²) in [7, 11) is 0. The summed E-state index contributed by atoms with van der Waals surface area (Å²) in [4.78, 5) is 23.5. The lowest BCUT2D eigenvalue weighted by Gasteiger charge is -2.14. The van der Waals surface area contributed by atoms with Crippen LogP contribution < -0.4 is 5.73 Å². The Kier molecular flexibility index (Phi) is 5.96. The summed E-state index contributed by atoms with van der Waals surface area (Å²) in [5.41, 5.74) is 5.94. The molecule has 0 saturated carbocycles. The Morgan fingerprint density at radius 3 is 2.20 bits per heavy atom. The maximum absolute atomic E-state index is 13.7. The summed E-state index contributed by atoms with van der Waals surface area (Å²) in [5, 5.41) is 0. The SMILES string of the molecule is CCOC(=O)C(Cc1ccc(N)cc1F)C(=O)OCC. The first-order valence-corrected chi connectivity index (χ1v) is 6.36. The fourth-order valence-electron chi connectivity index (χ4n) is 1.70. The van der Waals surface area contributed by atoms with Crippen LogP contribution in [0, 0.1) is 11.7 Å². The Labute approximate surface area is 116 Å². The lowest BCUT2D eigenvalue weighted by atomic mass is 9.98. The van der Waals surface area contributed by atoms with E-state index in [2.05, 4.69) is 0 Å². The van der Waals surface area contributed by atoms with E-state index in [1.54, 1.807) is 13.8 Å². The minimum absolute atomic E-state index is 0.121. The fourth-order valence-corrected chi connectivity index (χ4v) is 1.70. The van der Waals surface area contributed by atoms with Gasteiger partial charge in [0.15, 0.2) is 5.92 Å². The summed E-state index contributed by atoms with van der Waals surface area (Å²) in [5.74, 6) is -3.18. The van der Waals surface area contributed by atoms with Crippen LogP contribution in [-0.4, -0.2) is 25.2 Å². The van der Waals surface area contributed by atoms with Crippen molar-refractivity contribution in [2.75, 3.05) is 18.9 Å².